The van der Waals surface area contributed by atoms with Gasteiger partial charge in [-0.2, -0.15) is 5.26 Å². The highest BCUT2D eigenvalue weighted by atomic mass is 32.2. The Labute approximate surface area is 179 Å². The van der Waals surface area contributed by atoms with Gasteiger partial charge in [0.05, 0.1) is 21.8 Å². The first-order chi connectivity index (χ1) is 14.1. The number of benzene rings is 2. The van der Waals surface area contributed by atoms with Gasteiger partial charge in [0.25, 0.3) is 0 Å². The number of aromatic nitrogens is 1. The van der Waals surface area contributed by atoms with Crippen molar-refractivity contribution in [2.45, 2.75) is 50.8 Å². The molecule has 3 aromatic rings. The number of hydrogen-bond donors (Lipinski definition) is 0. The number of nitrogens with zero attached hydrogens (tertiary/aromatic N) is 2. The van der Waals surface area contributed by atoms with E-state index >= 15 is 0 Å². The molecule has 0 atom stereocenters. The summed E-state index contributed by atoms with van der Waals surface area (Å²) in [6, 6.07) is 16.6. The lowest BCUT2D eigenvalue weighted by Gasteiger charge is -2.19. The van der Waals surface area contributed by atoms with Crippen LogP contribution in [0.2, 0.25) is 0 Å². The highest BCUT2D eigenvalue weighted by Gasteiger charge is 2.29. The number of sulfone groups is 1. The zero-order valence-corrected chi connectivity index (χ0v) is 18.8. The molecule has 0 fully saturated rings. The van der Waals surface area contributed by atoms with E-state index in [1.807, 2.05) is 38.1 Å². The third kappa shape index (κ3) is 4.15. The third-order valence-electron chi connectivity index (χ3n) is 5.05. The SMILES string of the molecule is Cc1ccc(-c2c(C#N)c(CC(C)C)nc(C)c2S(=O)(=O)c2ccc(C)cc2)cc1. The average Bonchev–Trinajstić information content (AvgIpc) is 2.68. The Kier molecular flexibility index (Phi) is 6.09. The van der Waals surface area contributed by atoms with E-state index < -0.39 is 9.84 Å². The van der Waals surface area contributed by atoms with Crippen molar-refractivity contribution in [3.8, 4) is 17.2 Å². The fourth-order valence-electron chi connectivity index (χ4n) is 3.56. The van der Waals surface area contributed by atoms with Crippen LogP contribution < -0.4 is 0 Å². The summed E-state index contributed by atoms with van der Waals surface area (Å²) in [4.78, 5) is 4.91. The van der Waals surface area contributed by atoms with Gasteiger partial charge in [-0.1, -0.05) is 61.4 Å². The van der Waals surface area contributed by atoms with Crippen molar-refractivity contribution in [1.29, 1.82) is 5.26 Å². The smallest absolute Gasteiger partial charge is 0.209 e. The molecule has 0 saturated carbocycles. The highest BCUT2D eigenvalue weighted by Crippen LogP contribution is 2.37. The van der Waals surface area contributed by atoms with Gasteiger partial charge in [-0.15, -0.1) is 0 Å². The van der Waals surface area contributed by atoms with Crippen LogP contribution in [-0.2, 0) is 16.3 Å². The van der Waals surface area contributed by atoms with Crippen LogP contribution in [-0.4, -0.2) is 13.4 Å². The number of nitriles is 1. The van der Waals surface area contributed by atoms with Crippen molar-refractivity contribution in [3.63, 3.8) is 0 Å². The molecule has 0 unspecified atom stereocenters. The summed E-state index contributed by atoms with van der Waals surface area (Å²) in [6.45, 7) is 9.71. The van der Waals surface area contributed by atoms with Gasteiger partial charge in [-0.3, -0.25) is 4.98 Å². The molecule has 30 heavy (non-hydrogen) atoms. The molecule has 0 saturated heterocycles. The quantitative estimate of drug-likeness (QED) is 0.542. The van der Waals surface area contributed by atoms with Gasteiger partial charge in [0.2, 0.25) is 9.84 Å². The Balaban J connectivity index is 2.41. The molecule has 0 bridgehead atoms. The Morgan fingerprint density at radius 2 is 1.47 bits per heavy atom. The molecule has 0 aliphatic heterocycles. The maximum absolute atomic E-state index is 13.7. The second-order valence-electron chi connectivity index (χ2n) is 8.12. The standard InChI is InChI=1S/C25H26N2O2S/c1-16(2)14-23-22(15-26)24(20-10-6-17(3)7-11-20)25(19(5)27-23)30(28,29)21-12-8-18(4)9-13-21/h6-13,16H,14H2,1-5H3. The summed E-state index contributed by atoms with van der Waals surface area (Å²) < 4.78 is 27.4. The Hall–Kier alpha value is -2.97. The third-order valence-corrected chi connectivity index (χ3v) is 6.98. The van der Waals surface area contributed by atoms with Crippen molar-refractivity contribution in [3.05, 3.63) is 76.6 Å². The van der Waals surface area contributed by atoms with Crippen LogP contribution in [0.3, 0.4) is 0 Å². The topological polar surface area (TPSA) is 70.8 Å². The summed E-state index contributed by atoms with van der Waals surface area (Å²) in [7, 11) is -3.87. The first-order valence-electron chi connectivity index (χ1n) is 9.97. The summed E-state index contributed by atoms with van der Waals surface area (Å²) in [6.07, 6.45) is 0.605. The van der Waals surface area contributed by atoms with Gasteiger partial charge < -0.3 is 0 Å². The molecule has 4 nitrogen and oxygen atoms in total. The van der Waals surface area contributed by atoms with E-state index in [9.17, 15) is 13.7 Å². The van der Waals surface area contributed by atoms with E-state index in [1.54, 1.807) is 31.2 Å². The first kappa shape index (κ1) is 21.7. The van der Waals surface area contributed by atoms with Gasteiger partial charge in [0.15, 0.2) is 0 Å². The molecule has 0 aliphatic rings. The van der Waals surface area contributed by atoms with Crippen LogP contribution in [0.25, 0.3) is 11.1 Å². The average molecular weight is 419 g/mol. The lowest BCUT2D eigenvalue weighted by atomic mass is 9.94. The maximum Gasteiger partial charge on any atom is 0.209 e. The zero-order valence-electron chi connectivity index (χ0n) is 18.0. The normalized spacial score (nSPS) is 11.5. The Bertz CT molecular complexity index is 1220. The molecule has 2 aromatic carbocycles. The Morgan fingerprint density at radius 1 is 0.933 bits per heavy atom. The van der Waals surface area contributed by atoms with Crippen LogP contribution in [0.4, 0.5) is 0 Å². The van der Waals surface area contributed by atoms with Crippen molar-refractivity contribution in [2.75, 3.05) is 0 Å². The van der Waals surface area contributed by atoms with Crippen LogP contribution >= 0.6 is 0 Å². The monoisotopic (exact) mass is 418 g/mol. The molecule has 0 amide bonds. The minimum absolute atomic E-state index is 0.110. The van der Waals surface area contributed by atoms with Gasteiger partial charge in [-0.05, 0) is 50.8 Å². The first-order valence-corrected chi connectivity index (χ1v) is 11.5. The van der Waals surface area contributed by atoms with Crippen LogP contribution in [0.1, 0.15) is 41.9 Å². The molecule has 0 N–H and O–H groups in total. The lowest BCUT2D eigenvalue weighted by Crippen LogP contribution is -2.13. The van der Waals surface area contributed by atoms with E-state index in [4.69, 9.17) is 0 Å². The van der Waals surface area contributed by atoms with Crippen LogP contribution in [0.5, 0.6) is 0 Å². The summed E-state index contributed by atoms with van der Waals surface area (Å²) in [5.74, 6) is 0.287. The lowest BCUT2D eigenvalue weighted by molar-refractivity contribution is 0.594. The molecular formula is C25H26N2O2S. The summed E-state index contributed by atoms with van der Waals surface area (Å²) in [5.41, 5.74) is 4.59. The molecule has 5 heteroatoms. The molecule has 1 aromatic heterocycles. The van der Waals surface area contributed by atoms with E-state index in [1.165, 1.54) is 0 Å². The fourth-order valence-corrected chi connectivity index (χ4v) is 5.22. The number of hydrogen-bond acceptors (Lipinski definition) is 4. The van der Waals surface area contributed by atoms with Gasteiger partial charge in [-0.25, -0.2) is 8.42 Å². The highest BCUT2D eigenvalue weighted by molar-refractivity contribution is 7.91. The van der Waals surface area contributed by atoms with Gasteiger partial charge in [0, 0.05) is 5.56 Å². The van der Waals surface area contributed by atoms with Gasteiger partial charge >= 0.3 is 0 Å². The predicted octanol–water partition coefficient (Wildman–Crippen LogP) is 5.58. The van der Waals surface area contributed by atoms with Gasteiger partial charge in [0.1, 0.15) is 11.0 Å². The minimum atomic E-state index is -3.87. The fraction of sp³-hybridized carbons (Fsp3) is 0.280. The van der Waals surface area contributed by atoms with E-state index in [2.05, 4.69) is 24.9 Å². The molecule has 0 spiro atoms. The molecule has 0 aliphatic carbocycles. The van der Waals surface area contributed by atoms with E-state index in [-0.39, 0.29) is 15.7 Å². The second kappa shape index (κ2) is 8.41. The predicted molar refractivity (Wildman–Crippen MR) is 119 cm³/mol. The largest absolute Gasteiger partial charge is 0.255 e. The molecule has 154 valence electrons. The van der Waals surface area contributed by atoms with Crippen molar-refractivity contribution in [2.24, 2.45) is 5.92 Å². The van der Waals surface area contributed by atoms with Crippen molar-refractivity contribution in [1.82, 2.24) is 4.98 Å². The molecular weight excluding hydrogens is 392 g/mol. The van der Waals surface area contributed by atoms with E-state index in [0.717, 1.165) is 11.1 Å². The summed E-state index contributed by atoms with van der Waals surface area (Å²) >= 11 is 0. The number of pyridine rings is 1. The number of aryl methyl sites for hydroxylation is 3. The van der Waals surface area contributed by atoms with Crippen LogP contribution in [0.15, 0.2) is 58.3 Å². The molecule has 1 heterocycles. The second-order valence-corrected chi connectivity index (χ2v) is 10.0. The summed E-state index contributed by atoms with van der Waals surface area (Å²) in [5, 5.41) is 10.0. The maximum atomic E-state index is 13.7. The van der Waals surface area contributed by atoms with E-state index in [0.29, 0.717) is 34.5 Å². The molecule has 0 radical (unpaired) electrons. The minimum Gasteiger partial charge on any atom is -0.255 e. The number of rotatable bonds is 5. The van der Waals surface area contributed by atoms with Crippen molar-refractivity contribution >= 4 is 9.84 Å². The van der Waals surface area contributed by atoms with Crippen molar-refractivity contribution < 1.29 is 8.42 Å². The Morgan fingerprint density at radius 3 is 1.97 bits per heavy atom. The van der Waals surface area contributed by atoms with Crippen LogP contribution in [0, 0.1) is 38.0 Å². The molecule has 3 rings (SSSR count). The zero-order chi connectivity index (χ0) is 22.1.